The number of carbonyl (C=O) groups excluding carboxylic acids is 4. The number of unbranched alkanes of at least 4 members (excludes halogenated alkanes) is 12. The number of rotatable bonds is 24. The molecule has 0 aromatic carbocycles. The molecule has 3 unspecified atom stereocenters. The second-order valence-electron chi connectivity index (χ2n) is 11.4. The van der Waals surface area contributed by atoms with Gasteiger partial charge in [0.15, 0.2) is 0 Å². The SMILES string of the molecule is CC(C)C(NC(=O)CNC(=O)C(CC1CCC=N1)NC(=O)CCCCCCCCCCCCCCCO)C(N)=O. The molecule has 0 saturated heterocycles. The van der Waals surface area contributed by atoms with Crippen molar-refractivity contribution in [3.05, 3.63) is 0 Å². The van der Waals surface area contributed by atoms with Gasteiger partial charge in [-0.15, -0.1) is 0 Å². The molecule has 0 aromatic heterocycles. The molecule has 1 rings (SSSR count). The van der Waals surface area contributed by atoms with Crippen molar-refractivity contribution in [3.63, 3.8) is 0 Å². The molecule has 1 aliphatic rings. The summed E-state index contributed by atoms with van der Waals surface area (Å²) in [5.41, 5.74) is 5.34. The van der Waals surface area contributed by atoms with Gasteiger partial charge >= 0.3 is 0 Å². The Morgan fingerprint density at radius 3 is 1.88 bits per heavy atom. The minimum Gasteiger partial charge on any atom is -0.396 e. The number of aliphatic hydroxyl groups is 1. The van der Waals surface area contributed by atoms with Gasteiger partial charge in [-0.05, 0) is 44.2 Å². The summed E-state index contributed by atoms with van der Waals surface area (Å²) in [4.78, 5) is 53.7. The molecular formula is C30H55N5O5. The van der Waals surface area contributed by atoms with Crippen LogP contribution in [0.3, 0.4) is 0 Å². The number of nitrogens with one attached hydrogen (secondary N) is 3. The lowest BCUT2D eigenvalue weighted by Gasteiger charge is -2.22. The second kappa shape index (κ2) is 22.2. The summed E-state index contributed by atoms with van der Waals surface area (Å²) in [5, 5.41) is 16.8. The van der Waals surface area contributed by atoms with E-state index in [2.05, 4.69) is 20.9 Å². The summed E-state index contributed by atoms with van der Waals surface area (Å²) >= 11 is 0. The summed E-state index contributed by atoms with van der Waals surface area (Å²) in [5.74, 6) is -1.91. The third-order valence-corrected chi connectivity index (χ3v) is 7.38. The van der Waals surface area contributed by atoms with Crippen LogP contribution in [0, 0.1) is 5.92 Å². The average Bonchev–Trinajstić information content (AvgIpc) is 3.43. The lowest BCUT2D eigenvalue weighted by molar-refractivity contribution is -0.131. The number of aliphatic imine (C=N–C) groups is 1. The fourth-order valence-electron chi connectivity index (χ4n) is 4.94. The van der Waals surface area contributed by atoms with Crippen LogP contribution < -0.4 is 21.7 Å². The van der Waals surface area contributed by atoms with Crippen molar-refractivity contribution in [1.82, 2.24) is 16.0 Å². The van der Waals surface area contributed by atoms with Gasteiger partial charge in [0.05, 0.1) is 12.6 Å². The Labute approximate surface area is 241 Å². The standard InChI is InChI=1S/C30H55N5O5/c1-23(2)28(29(31)39)35-27(38)22-33-30(40)25(21-24-17-16-19-32-24)34-26(37)18-14-12-10-8-6-4-3-5-7-9-11-13-15-20-36/h19,23-25,28,36H,3-18,20-22H2,1-2H3,(H2,31,39)(H,33,40)(H,34,37)(H,35,38). The van der Waals surface area contributed by atoms with Crippen LogP contribution in [-0.2, 0) is 19.2 Å². The minimum atomic E-state index is -0.814. The van der Waals surface area contributed by atoms with Gasteiger partial charge in [0.25, 0.3) is 0 Å². The second-order valence-corrected chi connectivity index (χ2v) is 11.4. The smallest absolute Gasteiger partial charge is 0.243 e. The first kappa shape index (κ1) is 35.5. The van der Waals surface area contributed by atoms with Gasteiger partial charge in [-0.3, -0.25) is 24.2 Å². The quantitative estimate of drug-likeness (QED) is 0.113. The number of aliphatic hydroxyl groups excluding tert-OH is 1. The van der Waals surface area contributed by atoms with Crippen molar-refractivity contribution in [2.45, 2.75) is 141 Å². The summed E-state index contributed by atoms with van der Waals surface area (Å²) in [6.07, 6.45) is 19.2. The van der Waals surface area contributed by atoms with Crippen molar-refractivity contribution < 1.29 is 24.3 Å². The minimum absolute atomic E-state index is 0.0312. The van der Waals surface area contributed by atoms with Crippen molar-refractivity contribution >= 4 is 29.8 Å². The third-order valence-electron chi connectivity index (χ3n) is 7.38. The zero-order valence-corrected chi connectivity index (χ0v) is 24.9. The van der Waals surface area contributed by atoms with E-state index >= 15 is 0 Å². The van der Waals surface area contributed by atoms with Gasteiger partial charge in [-0.2, -0.15) is 0 Å². The van der Waals surface area contributed by atoms with Crippen LogP contribution in [0.5, 0.6) is 0 Å². The Bertz CT molecular complexity index is 774. The van der Waals surface area contributed by atoms with E-state index in [0.29, 0.717) is 19.4 Å². The Morgan fingerprint density at radius 2 is 1.40 bits per heavy atom. The molecule has 10 heteroatoms. The number of hydrogen-bond donors (Lipinski definition) is 5. The number of carbonyl (C=O) groups is 4. The number of primary amides is 1. The van der Waals surface area contributed by atoms with E-state index in [-0.39, 0.29) is 24.4 Å². The molecule has 40 heavy (non-hydrogen) atoms. The molecular weight excluding hydrogens is 510 g/mol. The topological polar surface area (TPSA) is 163 Å². The molecule has 0 aliphatic carbocycles. The highest BCUT2D eigenvalue weighted by Crippen LogP contribution is 2.15. The van der Waals surface area contributed by atoms with Crippen molar-refractivity contribution in [2.24, 2.45) is 16.6 Å². The maximum Gasteiger partial charge on any atom is 0.243 e. The van der Waals surface area contributed by atoms with E-state index in [4.69, 9.17) is 10.8 Å². The van der Waals surface area contributed by atoms with E-state index in [0.717, 1.165) is 44.9 Å². The predicted molar refractivity (Wildman–Crippen MR) is 159 cm³/mol. The van der Waals surface area contributed by atoms with Gasteiger partial charge in [0, 0.05) is 13.0 Å². The normalized spacial score (nSPS) is 16.1. The van der Waals surface area contributed by atoms with E-state index in [9.17, 15) is 19.2 Å². The van der Waals surface area contributed by atoms with Crippen LogP contribution in [0.2, 0.25) is 0 Å². The predicted octanol–water partition coefficient (Wildman–Crippen LogP) is 3.29. The van der Waals surface area contributed by atoms with E-state index in [1.807, 2.05) is 6.21 Å². The van der Waals surface area contributed by atoms with Gasteiger partial charge < -0.3 is 26.8 Å². The average molecular weight is 566 g/mol. The molecule has 3 atom stereocenters. The Kier molecular flexibility index (Phi) is 19.7. The van der Waals surface area contributed by atoms with Crippen molar-refractivity contribution in [2.75, 3.05) is 13.2 Å². The van der Waals surface area contributed by atoms with E-state index < -0.39 is 29.8 Å². The molecule has 0 fully saturated rings. The molecule has 1 heterocycles. The summed E-state index contributed by atoms with van der Waals surface area (Å²) in [6, 6.07) is -1.62. The van der Waals surface area contributed by atoms with Gasteiger partial charge in [0.2, 0.25) is 23.6 Å². The Hall–Kier alpha value is -2.49. The van der Waals surface area contributed by atoms with Crippen LogP contribution in [0.4, 0.5) is 0 Å². The first-order valence-corrected chi connectivity index (χ1v) is 15.5. The molecule has 6 N–H and O–H groups in total. The molecule has 0 radical (unpaired) electrons. The van der Waals surface area contributed by atoms with E-state index in [1.165, 1.54) is 51.4 Å². The van der Waals surface area contributed by atoms with Crippen LogP contribution in [0.25, 0.3) is 0 Å². The summed E-state index contributed by atoms with van der Waals surface area (Å²) < 4.78 is 0. The molecule has 230 valence electrons. The number of nitrogens with zero attached hydrogens (tertiary/aromatic N) is 1. The summed E-state index contributed by atoms with van der Waals surface area (Å²) in [6.45, 7) is 3.55. The van der Waals surface area contributed by atoms with Crippen LogP contribution in [0.15, 0.2) is 4.99 Å². The number of nitrogens with two attached hydrogens (primary N) is 1. The van der Waals surface area contributed by atoms with Crippen LogP contribution >= 0.6 is 0 Å². The number of hydrogen-bond acceptors (Lipinski definition) is 6. The lowest BCUT2D eigenvalue weighted by atomic mass is 10.0. The van der Waals surface area contributed by atoms with Gasteiger partial charge in [-0.1, -0.05) is 84.5 Å². The monoisotopic (exact) mass is 565 g/mol. The van der Waals surface area contributed by atoms with Crippen LogP contribution in [0.1, 0.15) is 123 Å². The van der Waals surface area contributed by atoms with Gasteiger partial charge in [-0.25, -0.2) is 0 Å². The molecule has 0 bridgehead atoms. The molecule has 0 saturated carbocycles. The van der Waals surface area contributed by atoms with Crippen molar-refractivity contribution in [3.8, 4) is 0 Å². The highest BCUT2D eigenvalue weighted by atomic mass is 16.3. The summed E-state index contributed by atoms with van der Waals surface area (Å²) in [7, 11) is 0. The Balaban J connectivity index is 2.28. The lowest BCUT2D eigenvalue weighted by Crippen LogP contribution is -2.53. The zero-order valence-electron chi connectivity index (χ0n) is 24.9. The molecule has 10 nitrogen and oxygen atoms in total. The van der Waals surface area contributed by atoms with Crippen molar-refractivity contribution in [1.29, 1.82) is 0 Å². The third kappa shape index (κ3) is 17.3. The fourth-order valence-corrected chi connectivity index (χ4v) is 4.94. The Morgan fingerprint density at radius 1 is 0.850 bits per heavy atom. The molecule has 4 amide bonds. The highest BCUT2D eigenvalue weighted by molar-refractivity contribution is 5.92. The first-order chi connectivity index (χ1) is 19.2. The maximum absolute atomic E-state index is 12.9. The maximum atomic E-state index is 12.9. The molecule has 0 aromatic rings. The molecule has 0 spiro atoms. The van der Waals surface area contributed by atoms with Gasteiger partial charge in [0.1, 0.15) is 12.1 Å². The first-order valence-electron chi connectivity index (χ1n) is 15.5. The van der Waals surface area contributed by atoms with Crippen LogP contribution in [-0.4, -0.2) is 66.2 Å². The highest BCUT2D eigenvalue weighted by Gasteiger charge is 2.27. The zero-order chi connectivity index (χ0) is 29.6. The molecule has 1 aliphatic heterocycles. The number of amides is 4. The fraction of sp³-hybridized carbons (Fsp3) is 0.833. The van der Waals surface area contributed by atoms with E-state index in [1.54, 1.807) is 13.8 Å². The largest absolute Gasteiger partial charge is 0.396 e.